The number of hydrogen-bond donors (Lipinski definition) is 3. The van der Waals surface area contributed by atoms with Crippen LogP contribution in [0.4, 0.5) is 4.39 Å². The lowest BCUT2D eigenvalue weighted by atomic mass is 10.0. The van der Waals surface area contributed by atoms with Gasteiger partial charge in [-0.3, -0.25) is 14.8 Å². The zero-order chi connectivity index (χ0) is 23.4. The van der Waals surface area contributed by atoms with E-state index in [4.69, 9.17) is 5.21 Å². The third-order valence-electron chi connectivity index (χ3n) is 5.44. The number of rotatable bonds is 8. The van der Waals surface area contributed by atoms with Crippen molar-refractivity contribution in [3.63, 3.8) is 0 Å². The molecule has 9 nitrogen and oxygen atoms in total. The van der Waals surface area contributed by atoms with Crippen LogP contribution < -0.4 is 10.8 Å². The molecule has 0 radical (unpaired) electrons. The van der Waals surface area contributed by atoms with Crippen LogP contribution in [0.2, 0.25) is 0 Å². The lowest BCUT2D eigenvalue weighted by molar-refractivity contribution is -0.130. The van der Waals surface area contributed by atoms with Crippen molar-refractivity contribution >= 4 is 22.7 Å². The van der Waals surface area contributed by atoms with E-state index in [1.807, 2.05) is 36.0 Å². The van der Waals surface area contributed by atoms with E-state index in [2.05, 4.69) is 21.7 Å². The quantitative estimate of drug-likeness (QED) is 0.282. The molecule has 4 rings (SSSR count). The smallest absolute Gasteiger partial charge is 0.251 e. The van der Waals surface area contributed by atoms with Gasteiger partial charge in [-0.15, -0.1) is 5.10 Å². The fourth-order valence-electron chi connectivity index (χ4n) is 3.70. The number of aryl methyl sites for hydroxylation is 1. The van der Waals surface area contributed by atoms with Crippen LogP contribution in [0.5, 0.6) is 0 Å². The molecular formula is C23H23FN6O3. The van der Waals surface area contributed by atoms with E-state index in [1.54, 1.807) is 16.4 Å². The third-order valence-corrected chi connectivity index (χ3v) is 5.44. The Kier molecular flexibility index (Phi) is 6.45. The molecule has 33 heavy (non-hydrogen) atoms. The van der Waals surface area contributed by atoms with Gasteiger partial charge in [-0.05, 0) is 59.8 Å². The maximum absolute atomic E-state index is 13.0. The van der Waals surface area contributed by atoms with Gasteiger partial charge in [0.15, 0.2) is 0 Å². The van der Waals surface area contributed by atoms with Gasteiger partial charge < -0.3 is 9.88 Å². The molecule has 2 amide bonds. The Morgan fingerprint density at radius 1 is 1.15 bits per heavy atom. The Balaban J connectivity index is 1.47. The molecule has 0 fully saturated rings. The molecule has 2 aromatic heterocycles. The number of fused-ring (bicyclic) bond motifs is 1. The van der Waals surface area contributed by atoms with E-state index in [-0.39, 0.29) is 18.9 Å². The highest BCUT2D eigenvalue weighted by Gasteiger charge is 2.19. The maximum Gasteiger partial charge on any atom is 0.251 e. The highest BCUT2D eigenvalue weighted by atomic mass is 19.1. The molecule has 0 aliphatic rings. The Bertz CT molecular complexity index is 1280. The SMILES string of the molecule is Cn1ccc2cc(CC(CC(=O)NO)n3cc(CNC(=O)c4ccc(F)cc4)nn3)ccc21. The summed E-state index contributed by atoms with van der Waals surface area (Å²) in [6, 6.07) is 12.9. The van der Waals surface area contributed by atoms with Crippen LogP contribution in [0.1, 0.15) is 34.1 Å². The molecule has 4 aromatic rings. The molecule has 0 saturated heterocycles. The van der Waals surface area contributed by atoms with E-state index < -0.39 is 17.8 Å². The molecule has 0 saturated carbocycles. The number of benzene rings is 2. The summed E-state index contributed by atoms with van der Waals surface area (Å²) in [7, 11) is 1.97. The number of carbonyl (C=O) groups is 2. The van der Waals surface area contributed by atoms with Gasteiger partial charge >= 0.3 is 0 Å². The summed E-state index contributed by atoms with van der Waals surface area (Å²) in [6.07, 6.45) is 4.12. The van der Waals surface area contributed by atoms with Crippen molar-refractivity contribution in [1.82, 2.24) is 30.4 Å². The average molecular weight is 450 g/mol. The first-order valence-electron chi connectivity index (χ1n) is 10.3. The molecule has 0 bridgehead atoms. The molecule has 2 aromatic carbocycles. The van der Waals surface area contributed by atoms with E-state index >= 15 is 0 Å². The standard InChI is InChI=1S/C23H23FN6O3/c1-29-9-8-17-10-15(2-7-21(17)29)11-20(12-22(31)27-33)30-14-19(26-28-30)13-25-23(32)16-3-5-18(24)6-4-16/h2-10,14,20,33H,11-13H2,1H3,(H,25,32)(H,27,31). The van der Waals surface area contributed by atoms with Gasteiger partial charge in [0, 0.05) is 24.3 Å². The van der Waals surface area contributed by atoms with Gasteiger partial charge in [-0.2, -0.15) is 0 Å². The number of hydrogen-bond acceptors (Lipinski definition) is 5. The molecular weight excluding hydrogens is 427 g/mol. The summed E-state index contributed by atoms with van der Waals surface area (Å²) in [4.78, 5) is 24.1. The summed E-state index contributed by atoms with van der Waals surface area (Å²) in [5.41, 5.74) is 4.60. The van der Waals surface area contributed by atoms with Crippen molar-refractivity contribution < 1.29 is 19.2 Å². The first-order valence-corrected chi connectivity index (χ1v) is 10.3. The molecule has 2 heterocycles. The minimum absolute atomic E-state index is 0.00589. The number of carbonyl (C=O) groups excluding carboxylic acids is 2. The number of nitrogens with one attached hydrogen (secondary N) is 2. The Labute approximate surface area is 188 Å². The van der Waals surface area contributed by atoms with Crippen LogP contribution in [0.3, 0.4) is 0 Å². The van der Waals surface area contributed by atoms with Crippen LogP contribution in [-0.2, 0) is 24.8 Å². The van der Waals surface area contributed by atoms with Crippen LogP contribution in [0.15, 0.2) is 60.9 Å². The van der Waals surface area contributed by atoms with E-state index in [0.717, 1.165) is 16.5 Å². The molecule has 1 atom stereocenters. The maximum atomic E-state index is 13.0. The number of amides is 2. The second-order valence-corrected chi connectivity index (χ2v) is 7.80. The molecule has 0 aliphatic carbocycles. The zero-order valence-electron chi connectivity index (χ0n) is 17.9. The topological polar surface area (TPSA) is 114 Å². The van der Waals surface area contributed by atoms with Crippen molar-refractivity contribution in [3.05, 3.63) is 83.6 Å². The summed E-state index contributed by atoms with van der Waals surface area (Å²) in [5.74, 6) is -1.32. The Hall–Kier alpha value is -4.05. The Morgan fingerprint density at radius 2 is 1.94 bits per heavy atom. The number of halogens is 1. The largest absolute Gasteiger partial charge is 0.351 e. The zero-order valence-corrected chi connectivity index (χ0v) is 17.9. The normalized spacial score (nSPS) is 12.0. The van der Waals surface area contributed by atoms with Gasteiger partial charge in [0.05, 0.1) is 25.2 Å². The molecule has 1 unspecified atom stereocenters. The van der Waals surface area contributed by atoms with Crippen LogP contribution in [-0.4, -0.2) is 36.6 Å². The fraction of sp³-hybridized carbons (Fsp3) is 0.217. The fourth-order valence-corrected chi connectivity index (χ4v) is 3.70. The van der Waals surface area contributed by atoms with E-state index in [0.29, 0.717) is 17.7 Å². The van der Waals surface area contributed by atoms with Gasteiger partial charge in [0.25, 0.3) is 5.91 Å². The minimum Gasteiger partial charge on any atom is -0.351 e. The highest BCUT2D eigenvalue weighted by Crippen LogP contribution is 2.22. The second-order valence-electron chi connectivity index (χ2n) is 7.80. The molecule has 0 spiro atoms. The van der Waals surface area contributed by atoms with Gasteiger partial charge in [0.2, 0.25) is 5.91 Å². The van der Waals surface area contributed by atoms with E-state index in [1.165, 1.54) is 24.3 Å². The average Bonchev–Trinajstić information content (AvgIpc) is 3.44. The molecule has 0 aliphatic heterocycles. The third kappa shape index (κ3) is 5.24. The minimum atomic E-state index is -0.539. The number of aromatic nitrogens is 4. The first-order chi connectivity index (χ1) is 15.9. The summed E-state index contributed by atoms with van der Waals surface area (Å²) in [6.45, 7) is 0.116. The molecule has 170 valence electrons. The second kappa shape index (κ2) is 9.61. The van der Waals surface area contributed by atoms with Gasteiger partial charge in [-0.1, -0.05) is 11.3 Å². The van der Waals surface area contributed by atoms with Crippen LogP contribution in [0, 0.1) is 5.82 Å². The van der Waals surface area contributed by atoms with E-state index in [9.17, 15) is 14.0 Å². The summed E-state index contributed by atoms with van der Waals surface area (Å²) < 4.78 is 16.6. The first kappa shape index (κ1) is 22.2. The number of nitrogens with zero attached hydrogens (tertiary/aromatic N) is 4. The van der Waals surface area contributed by atoms with Crippen molar-refractivity contribution in [2.24, 2.45) is 7.05 Å². The van der Waals surface area contributed by atoms with Crippen LogP contribution in [0.25, 0.3) is 10.9 Å². The lowest BCUT2D eigenvalue weighted by Gasteiger charge is -2.16. The summed E-state index contributed by atoms with van der Waals surface area (Å²) >= 11 is 0. The Morgan fingerprint density at radius 3 is 2.70 bits per heavy atom. The van der Waals surface area contributed by atoms with Crippen molar-refractivity contribution in [2.45, 2.75) is 25.4 Å². The predicted molar refractivity (Wildman–Crippen MR) is 118 cm³/mol. The monoisotopic (exact) mass is 450 g/mol. The predicted octanol–water partition coefficient (Wildman–Crippen LogP) is 2.52. The highest BCUT2D eigenvalue weighted by molar-refractivity contribution is 5.94. The van der Waals surface area contributed by atoms with Gasteiger partial charge in [0.1, 0.15) is 11.5 Å². The van der Waals surface area contributed by atoms with Crippen molar-refractivity contribution in [3.8, 4) is 0 Å². The van der Waals surface area contributed by atoms with Crippen LogP contribution >= 0.6 is 0 Å². The lowest BCUT2D eigenvalue weighted by Crippen LogP contribution is -2.25. The van der Waals surface area contributed by atoms with Crippen molar-refractivity contribution in [2.75, 3.05) is 0 Å². The molecule has 3 N–H and O–H groups in total. The number of hydroxylamine groups is 1. The van der Waals surface area contributed by atoms with Gasteiger partial charge in [-0.25, -0.2) is 14.6 Å². The molecule has 10 heteroatoms. The van der Waals surface area contributed by atoms with Crippen molar-refractivity contribution in [1.29, 1.82) is 0 Å². The summed E-state index contributed by atoms with van der Waals surface area (Å²) in [5, 5.41) is 21.0.